The van der Waals surface area contributed by atoms with Crippen LogP contribution >= 0.6 is 27.3 Å². The molecule has 1 heterocycles. The molecule has 0 amide bonds. The van der Waals surface area contributed by atoms with Gasteiger partial charge < -0.3 is 0 Å². The SMILES string of the molecule is Brc1cscc1-c1ccccc1.CC.CCC. The maximum absolute atomic E-state index is 3.51. The molecule has 0 bridgehead atoms. The van der Waals surface area contributed by atoms with E-state index < -0.39 is 0 Å². The van der Waals surface area contributed by atoms with E-state index in [9.17, 15) is 0 Å². The minimum absolute atomic E-state index is 1.18. The Morgan fingerprint density at radius 3 is 1.94 bits per heavy atom. The Bertz CT molecular complexity index is 379. The smallest absolute Gasteiger partial charge is 0.0360 e. The van der Waals surface area contributed by atoms with Gasteiger partial charge >= 0.3 is 0 Å². The highest BCUT2D eigenvalue weighted by atomic mass is 79.9. The summed E-state index contributed by atoms with van der Waals surface area (Å²) in [6.07, 6.45) is 1.25. The molecule has 0 saturated heterocycles. The monoisotopic (exact) mass is 312 g/mol. The predicted molar refractivity (Wildman–Crippen MR) is 84.8 cm³/mol. The van der Waals surface area contributed by atoms with E-state index in [-0.39, 0.29) is 0 Å². The minimum Gasteiger partial charge on any atom is -0.151 e. The van der Waals surface area contributed by atoms with Gasteiger partial charge in [0.2, 0.25) is 0 Å². The van der Waals surface area contributed by atoms with Crippen LogP contribution in [0.15, 0.2) is 45.6 Å². The third kappa shape index (κ3) is 6.04. The van der Waals surface area contributed by atoms with Crippen molar-refractivity contribution in [3.05, 3.63) is 45.6 Å². The van der Waals surface area contributed by atoms with Crippen LogP contribution in [0.1, 0.15) is 34.1 Å². The van der Waals surface area contributed by atoms with Crippen LogP contribution in [0.25, 0.3) is 11.1 Å². The molecule has 2 heteroatoms. The van der Waals surface area contributed by atoms with Gasteiger partial charge in [-0.1, -0.05) is 64.4 Å². The second-order valence-corrected chi connectivity index (χ2v) is 4.80. The van der Waals surface area contributed by atoms with Crippen molar-refractivity contribution in [2.24, 2.45) is 0 Å². The summed E-state index contributed by atoms with van der Waals surface area (Å²) in [4.78, 5) is 0. The highest BCUT2D eigenvalue weighted by Gasteiger charge is 2.01. The lowest BCUT2D eigenvalue weighted by Crippen LogP contribution is -1.71. The summed E-state index contributed by atoms with van der Waals surface area (Å²) < 4.78 is 1.18. The Hall–Kier alpha value is -0.600. The molecule has 0 spiro atoms. The van der Waals surface area contributed by atoms with Gasteiger partial charge in [-0.15, -0.1) is 0 Å². The first-order chi connectivity index (χ1) is 8.29. The molecular weight excluding hydrogens is 292 g/mol. The van der Waals surface area contributed by atoms with Crippen LogP contribution in [0.4, 0.5) is 0 Å². The van der Waals surface area contributed by atoms with Gasteiger partial charge in [-0.3, -0.25) is 0 Å². The molecule has 0 fully saturated rings. The third-order valence-electron chi connectivity index (χ3n) is 1.70. The Balaban J connectivity index is 0.000000450. The molecule has 0 aliphatic carbocycles. The van der Waals surface area contributed by atoms with E-state index in [0.717, 1.165) is 0 Å². The molecule has 0 aliphatic heterocycles. The number of benzene rings is 1. The van der Waals surface area contributed by atoms with Crippen molar-refractivity contribution in [1.82, 2.24) is 0 Å². The van der Waals surface area contributed by atoms with Gasteiger partial charge in [-0.05, 0) is 26.9 Å². The van der Waals surface area contributed by atoms with Crippen LogP contribution in [-0.2, 0) is 0 Å². The van der Waals surface area contributed by atoms with E-state index in [1.54, 1.807) is 11.3 Å². The highest BCUT2D eigenvalue weighted by molar-refractivity contribution is 9.10. The van der Waals surface area contributed by atoms with Crippen molar-refractivity contribution in [2.45, 2.75) is 34.1 Å². The summed E-state index contributed by atoms with van der Waals surface area (Å²) in [5.74, 6) is 0. The lowest BCUT2D eigenvalue weighted by atomic mass is 10.1. The molecule has 0 N–H and O–H groups in total. The van der Waals surface area contributed by atoms with Crippen LogP contribution in [-0.4, -0.2) is 0 Å². The van der Waals surface area contributed by atoms with Crippen molar-refractivity contribution in [2.75, 3.05) is 0 Å². The van der Waals surface area contributed by atoms with Crippen molar-refractivity contribution < 1.29 is 0 Å². The second-order valence-electron chi connectivity index (χ2n) is 3.21. The van der Waals surface area contributed by atoms with E-state index in [4.69, 9.17) is 0 Å². The van der Waals surface area contributed by atoms with Crippen LogP contribution in [0.2, 0.25) is 0 Å². The number of rotatable bonds is 1. The fourth-order valence-corrected chi connectivity index (χ4v) is 2.64. The number of thiophene rings is 1. The summed E-state index contributed by atoms with van der Waals surface area (Å²) in [5, 5.41) is 4.25. The zero-order valence-corrected chi connectivity index (χ0v) is 13.4. The maximum Gasteiger partial charge on any atom is 0.0360 e. The fraction of sp³-hybridized carbons (Fsp3) is 0.333. The van der Waals surface area contributed by atoms with E-state index in [0.29, 0.717) is 0 Å². The van der Waals surface area contributed by atoms with Crippen molar-refractivity contribution in [3.63, 3.8) is 0 Å². The maximum atomic E-state index is 3.51. The molecule has 0 radical (unpaired) electrons. The molecule has 1 aromatic carbocycles. The quantitative estimate of drug-likeness (QED) is 0.555. The minimum atomic E-state index is 1.18. The zero-order chi connectivity index (χ0) is 13.1. The lowest BCUT2D eigenvalue weighted by Gasteiger charge is -1.96. The van der Waals surface area contributed by atoms with Gasteiger partial charge in [0, 0.05) is 15.4 Å². The van der Waals surface area contributed by atoms with Crippen molar-refractivity contribution >= 4 is 27.3 Å². The first kappa shape index (κ1) is 16.4. The summed E-state index contributed by atoms with van der Waals surface area (Å²) in [5.41, 5.74) is 2.55. The molecular formula is C15H21BrS. The molecule has 0 nitrogen and oxygen atoms in total. The summed E-state index contributed by atoms with van der Waals surface area (Å²) in [6, 6.07) is 10.4. The first-order valence-corrected chi connectivity index (χ1v) is 7.80. The molecule has 0 saturated carbocycles. The van der Waals surface area contributed by atoms with E-state index >= 15 is 0 Å². The van der Waals surface area contributed by atoms with Crippen molar-refractivity contribution in [3.8, 4) is 11.1 Å². The van der Waals surface area contributed by atoms with Gasteiger partial charge in [-0.25, -0.2) is 0 Å². The van der Waals surface area contributed by atoms with Crippen LogP contribution < -0.4 is 0 Å². The van der Waals surface area contributed by atoms with Gasteiger partial charge in [-0.2, -0.15) is 11.3 Å². The Kier molecular flexibility index (Phi) is 10.2. The van der Waals surface area contributed by atoms with E-state index in [2.05, 4.69) is 64.8 Å². The molecule has 0 unspecified atom stereocenters. The average Bonchev–Trinajstić information content (AvgIpc) is 2.80. The molecule has 94 valence electrons. The molecule has 1 aromatic heterocycles. The molecule has 0 aliphatic rings. The van der Waals surface area contributed by atoms with Crippen LogP contribution in [0, 0.1) is 0 Å². The second kappa shape index (κ2) is 10.5. The van der Waals surface area contributed by atoms with Gasteiger partial charge in [0.1, 0.15) is 0 Å². The summed E-state index contributed by atoms with van der Waals surface area (Å²) in [7, 11) is 0. The first-order valence-electron chi connectivity index (χ1n) is 6.06. The van der Waals surface area contributed by atoms with Gasteiger partial charge in [0.25, 0.3) is 0 Å². The van der Waals surface area contributed by atoms with Crippen LogP contribution in [0.3, 0.4) is 0 Å². The van der Waals surface area contributed by atoms with E-state index in [1.807, 2.05) is 19.9 Å². The lowest BCUT2D eigenvalue weighted by molar-refractivity contribution is 1.09. The zero-order valence-electron chi connectivity index (χ0n) is 11.0. The van der Waals surface area contributed by atoms with Crippen molar-refractivity contribution in [1.29, 1.82) is 0 Å². The topological polar surface area (TPSA) is 0 Å². The van der Waals surface area contributed by atoms with Crippen LogP contribution in [0.5, 0.6) is 0 Å². The molecule has 2 aromatic rings. The molecule has 17 heavy (non-hydrogen) atoms. The van der Waals surface area contributed by atoms with Gasteiger partial charge in [0.05, 0.1) is 0 Å². The fourth-order valence-electron chi connectivity index (χ4n) is 1.11. The summed E-state index contributed by atoms with van der Waals surface area (Å²) in [6.45, 7) is 8.25. The predicted octanol–water partition coefficient (Wildman–Crippen LogP) is 6.62. The largest absolute Gasteiger partial charge is 0.151 e. The molecule has 2 rings (SSSR count). The third-order valence-corrected chi connectivity index (χ3v) is 3.40. The Morgan fingerprint density at radius 1 is 1.00 bits per heavy atom. The summed E-state index contributed by atoms with van der Waals surface area (Å²) >= 11 is 5.23. The highest BCUT2D eigenvalue weighted by Crippen LogP contribution is 2.30. The Labute approximate surface area is 118 Å². The standard InChI is InChI=1S/C10H7BrS.C3H8.C2H6/c11-10-7-12-6-9(10)8-4-2-1-3-5-8;1-3-2;1-2/h1-7H;3H2,1-2H3;1-2H3. The number of halogens is 1. The van der Waals surface area contributed by atoms with E-state index in [1.165, 1.54) is 22.0 Å². The normalized spacial score (nSPS) is 8.53. The number of hydrogen-bond donors (Lipinski definition) is 0. The molecule has 0 atom stereocenters. The number of hydrogen-bond acceptors (Lipinski definition) is 1. The average molecular weight is 313 g/mol. The van der Waals surface area contributed by atoms with Gasteiger partial charge in [0.15, 0.2) is 0 Å². The Morgan fingerprint density at radius 2 is 1.53 bits per heavy atom.